The largest absolute Gasteiger partial charge is 0.459 e. The van der Waals surface area contributed by atoms with Crippen LogP contribution < -0.4 is 5.32 Å². The summed E-state index contributed by atoms with van der Waals surface area (Å²) in [5.41, 5.74) is 0.329. The van der Waals surface area contributed by atoms with E-state index in [2.05, 4.69) is 10.5 Å². The van der Waals surface area contributed by atoms with Gasteiger partial charge in [0.2, 0.25) is 5.60 Å². The monoisotopic (exact) mass is 338 g/mol. The number of hydrogen-bond acceptors (Lipinski definition) is 5. The molecule has 0 saturated carbocycles. The highest BCUT2D eigenvalue weighted by Crippen LogP contribution is 2.27. The zero-order valence-electron chi connectivity index (χ0n) is 13.5. The molecule has 1 aliphatic heterocycles. The third-order valence-electron chi connectivity index (χ3n) is 3.26. The molecule has 7 heteroatoms. The van der Waals surface area contributed by atoms with Gasteiger partial charge in [-0.15, -0.1) is 0 Å². The molecule has 0 aromatic heterocycles. The average molecular weight is 339 g/mol. The fourth-order valence-electron chi connectivity index (χ4n) is 2.15. The molecule has 0 aliphatic carbocycles. The van der Waals surface area contributed by atoms with Crippen LogP contribution in [0.1, 0.15) is 44.5 Å². The van der Waals surface area contributed by atoms with E-state index in [-0.39, 0.29) is 22.6 Å². The third kappa shape index (κ3) is 4.01. The Morgan fingerprint density at radius 2 is 2.13 bits per heavy atom. The van der Waals surface area contributed by atoms with Gasteiger partial charge in [-0.1, -0.05) is 16.8 Å². The Balaban J connectivity index is 2.15. The van der Waals surface area contributed by atoms with Crippen LogP contribution >= 0.6 is 11.6 Å². The number of ether oxygens (including phenoxy) is 1. The summed E-state index contributed by atoms with van der Waals surface area (Å²) in [4.78, 5) is 29.6. The van der Waals surface area contributed by atoms with Gasteiger partial charge in [0.1, 0.15) is 0 Å². The fraction of sp³-hybridized carbons (Fsp3) is 0.438. The topological polar surface area (TPSA) is 77.0 Å². The van der Waals surface area contributed by atoms with E-state index in [0.717, 1.165) is 5.71 Å². The molecule has 2 rings (SSSR count). The fourth-order valence-corrected chi connectivity index (χ4v) is 2.35. The predicted octanol–water partition coefficient (Wildman–Crippen LogP) is 3.40. The van der Waals surface area contributed by atoms with Crippen molar-refractivity contribution in [1.29, 1.82) is 0 Å². The molecule has 0 bridgehead atoms. The Kier molecular flexibility index (Phi) is 4.94. The van der Waals surface area contributed by atoms with Gasteiger partial charge in [0.05, 0.1) is 22.4 Å². The molecule has 0 radical (unpaired) electrons. The number of hydrogen-bond donors (Lipinski definition) is 1. The maximum absolute atomic E-state index is 12.4. The Morgan fingerprint density at radius 1 is 1.43 bits per heavy atom. The minimum atomic E-state index is -1.05. The number of benzene rings is 1. The minimum Gasteiger partial charge on any atom is -0.459 e. The Hall–Kier alpha value is -2.08. The van der Waals surface area contributed by atoms with E-state index >= 15 is 0 Å². The first kappa shape index (κ1) is 17.3. The standard InChI is InChI=1S/C16H19ClN2O4/c1-9(2)22-14(20)12-7-11(5-6-13(12)17)18-15(21)16(4)8-10(3)19-23-16/h5-7,9H,8H2,1-4H3,(H,18,21)/t16-/m0/s1. The van der Waals surface area contributed by atoms with E-state index in [1.54, 1.807) is 33.8 Å². The number of halogens is 1. The average Bonchev–Trinajstić information content (AvgIpc) is 2.81. The van der Waals surface area contributed by atoms with Gasteiger partial charge in [-0.3, -0.25) is 4.79 Å². The summed E-state index contributed by atoms with van der Waals surface area (Å²) in [7, 11) is 0. The van der Waals surface area contributed by atoms with E-state index in [1.807, 2.05) is 0 Å². The van der Waals surface area contributed by atoms with Crippen molar-refractivity contribution in [2.45, 2.75) is 45.8 Å². The molecule has 0 unspecified atom stereocenters. The molecule has 0 saturated heterocycles. The van der Waals surface area contributed by atoms with Gasteiger partial charge in [0, 0.05) is 12.1 Å². The number of oxime groups is 1. The van der Waals surface area contributed by atoms with E-state index in [0.29, 0.717) is 12.1 Å². The van der Waals surface area contributed by atoms with Gasteiger partial charge >= 0.3 is 5.97 Å². The molecular formula is C16H19ClN2O4. The SMILES string of the molecule is CC1=NO[C@](C)(C(=O)Nc2ccc(Cl)c(C(=O)OC(C)C)c2)C1. The number of nitrogens with one attached hydrogen (secondary N) is 1. The maximum Gasteiger partial charge on any atom is 0.339 e. The lowest BCUT2D eigenvalue weighted by atomic mass is 9.99. The first-order valence-electron chi connectivity index (χ1n) is 7.25. The first-order valence-corrected chi connectivity index (χ1v) is 7.63. The van der Waals surface area contributed by atoms with E-state index < -0.39 is 11.6 Å². The molecule has 1 amide bonds. The molecule has 0 fully saturated rings. The van der Waals surface area contributed by atoms with Crippen molar-refractivity contribution in [2.75, 3.05) is 5.32 Å². The van der Waals surface area contributed by atoms with Crippen LogP contribution in [0.15, 0.2) is 23.4 Å². The van der Waals surface area contributed by atoms with Crippen LogP contribution in [0.4, 0.5) is 5.69 Å². The van der Waals surface area contributed by atoms with Crippen molar-refractivity contribution < 1.29 is 19.2 Å². The van der Waals surface area contributed by atoms with Gasteiger partial charge in [-0.2, -0.15) is 0 Å². The number of esters is 1. The van der Waals surface area contributed by atoms with Crippen LogP contribution in [0.2, 0.25) is 5.02 Å². The minimum absolute atomic E-state index is 0.197. The Bertz CT molecular complexity index is 672. The number of nitrogens with zero attached hydrogens (tertiary/aromatic N) is 1. The van der Waals surface area contributed by atoms with Gasteiger partial charge in [0.15, 0.2) is 0 Å². The molecular weight excluding hydrogens is 320 g/mol. The van der Waals surface area contributed by atoms with Crippen LogP contribution in [0, 0.1) is 0 Å². The second-order valence-electron chi connectivity index (χ2n) is 5.93. The molecule has 23 heavy (non-hydrogen) atoms. The zero-order valence-corrected chi connectivity index (χ0v) is 14.2. The quantitative estimate of drug-likeness (QED) is 0.853. The van der Waals surface area contributed by atoms with E-state index in [4.69, 9.17) is 21.2 Å². The maximum atomic E-state index is 12.4. The second-order valence-corrected chi connectivity index (χ2v) is 6.34. The van der Waals surface area contributed by atoms with Gasteiger partial charge < -0.3 is 14.9 Å². The summed E-state index contributed by atoms with van der Waals surface area (Å²) >= 11 is 6.03. The Labute approximate surface area is 139 Å². The lowest BCUT2D eigenvalue weighted by molar-refractivity contribution is -0.135. The van der Waals surface area contributed by atoms with Crippen LogP contribution in [0.3, 0.4) is 0 Å². The van der Waals surface area contributed by atoms with Gasteiger partial charge in [-0.05, 0) is 45.9 Å². The van der Waals surface area contributed by atoms with Crippen molar-refractivity contribution in [2.24, 2.45) is 5.16 Å². The molecule has 124 valence electrons. The van der Waals surface area contributed by atoms with E-state index in [1.165, 1.54) is 12.1 Å². The van der Waals surface area contributed by atoms with E-state index in [9.17, 15) is 9.59 Å². The summed E-state index contributed by atoms with van der Waals surface area (Å²) in [6.45, 7) is 6.95. The lowest BCUT2D eigenvalue weighted by Crippen LogP contribution is -2.40. The molecule has 1 atom stereocenters. The van der Waals surface area contributed by atoms with Crippen LogP contribution in [-0.2, 0) is 14.4 Å². The van der Waals surface area contributed by atoms with Crippen molar-refractivity contribution in [3.63, 3.8) is 0 Å². The molecule has 0 spiro atoms. The molecule has 1 aromatic carbocycles. The summed E-state index contributed by atoms with van der Waals surface area (Å²) in [5, 5.41) is 6.78. The number of rotatable bonds is 4. The second kappa shape index (κ2) is 6.58. The van der Waals surface area contributed by atoms with Gasteiger partial charge in [0.25, 0.3) is 5.91 Å². The summed E-state index contributed by atoms with van der Waals surface area (Å²) in [5.74, 6) is -0.882. The summed E-state index contributed by atoms with van der Waals surface area (Å²) in [6, 6.07) is 4.63. The number of carbonyl (C=O) groups is 2. The molecule has 1 heterocycles. The zero-order chi connectivity index (χ0) is 17.2. The number of amides is 1. The highest BCUT2D eigenvalue weighted by Gasteiger charge is 2.40. The van der Waals surface area contributed by atoms with Crippen molar-refractivity contribution in [3.8, 4) is 0 Å². The van der Waals surface area contributed by atoms with Crippen LogP contribution in [0.25, 0.3) is 0 Å². The van der Waals surface area contributed by atoms with Crippen LogP contribution in [0.5, 0.6) is 0 Å². The predicted molar refractivity (Wildman–Crippen MR) is 87.8 cm³/mol. The summed E-state index contributed by atoms with van der Waals surface area (Å²) in [6.07, 6.45) is 0.150. The van der Waals surface area contributed by atoms with Crippen molar-refractivity contribution >= 4 is 34.9 Å². The molecule has 1 aliphatic rings. The van der Waals surface area contributed by atoms with Crippen LogP contribution in [-0.4, -0.2) is 29.3 Å². The molecule has 1 aromatic rings. The lowest BCUT2D eigenvalue weighted by Gasteiger charge is -2.20. The normalized spacial score (nSPS) is 20.0. The highest BCUT2D eigenvalue weighted by molar-refractivity contribution is 6.33. The first-order chi connectivity index (χ1) is 10.7. The number of carbonyl (C=O) groups excluding carboxylic acids is 2. The highest BCUT2D eigenvalue weighted by atomic mass is 35.5. The molecule has 6 nitrogen and oxygen atoms in total. The number of anilines is 1. The Morgan fingerprint density at radius 3 is 2.70 bits per heavy atom. The third-order valence-corrected chi connectivity index (χ3v) is 3.59. The van der Waals surface area contributed by atoms with Crippen molar-refractivity contribution in [1.82, 2.24) is 0 Å². The van der Waals surface area contributed by atoms with Gasteiger partial charge in [-0.25, -0.2) is 4.79 Å². The summed E-state index contributed by atoms with van der Waals surface area (Å²) < 4.78 is 5.13. The van der Waals surface area contributed by atoms with Crippen molar-refractivity contribution in [3.05, 3.63) is 28.8 Å². The molecule has 1 N–H and O–H groups in total. The smallest absolute Gasteiger partial charge is 0.339 e.